The van der Waals surface area contributed by atoms with Crippen LogP contribution in [0.3, 0.4) is 0 Å². The molecule has 1 heterocycles. The molecule has 0 spiro atoms. The van der Waals surface area contributed by atoms with Crippen molar-refractivity contribution < 1.29 is 4.79 Å². The summed E-state index contributed by atoms with van der Waals surface area (Å²) in [5.74, 6) is 0.712. The van der Waals surface area contributed by atoms with Gasteiger partial charge in [-0.05, 0) is 12.8 Å². The van der Waals surface area contributed by atoms with Gasteiger partial charge in [0.2, 0.25) is 5.91 Å². The Bertz CT molecular complexity index is 316. The van der Waals surface area contributed by atoms with Crippen molar-refractivity contribution >= 4 is 5.91 Å². The molecule has 0 saturated heterocycles. The summed E-state index contributed by atoms with van der Waals surface area (Å²) in [4.78, 5) is 15.3. The topological polar surface area (TPSA) is 96.7 Å². The number of hydrogen-bond acceptors (Lipinski definition) is 4. The van der Waals surface area contributed by atoms with E-state index in [2.05, 4.69) is 20.5 Å². The van der Waals surface area contributed by atoms with Gasteiger partial charge in [-0.1, -0.05) is 0 Å². The number of H-pyrrole nitrogens is 1. The first kappa shape index (κ1) is 9.14. The number of rotatable bonds is 4. The van der Waals surface area contributed by atoms with E-state index < -0.39 is 5.54 Å². The van der Waals surface area contributed by atoms with Crippen molar-refractivity contribution in [3.8, 4) is 0 Å². The minimum absolute atomic E-state index is 0.0583. The SMILES string of the molecule is NC1(C(=O)NCCc2ncn[nH]2)CC1. The van der Waals surface area contributed by atoms with Gasteiger partial charge in [0.05, 0.1) is 5.54 Å². The molecule has 14 heavy (non-hydrogen) atoms. The normalized spacial score (nSPS) is 17.8. The standard InChI is InChI=1S/C8H13N5O/c9-8(2-3-8)7(14)10-4-1-6-11-5-12-13-6/h5H,1-4,9H2,(H,10,14)(H,11,12,13). The summed E-state index contributed by atoms with van der Waals surface area (Å²) < 4.78 is 0. The molecule has 4 N–H and O–H groups in total. The summed E-state index contributed by atoms with van der Waals surface area (Å²) >= 11 is 0. The third-order valence-corrected chi connectivity index (χ3v) is 2.35. The zero-order chi connectivity index (χ0) is 10.0. The number of nitrogens with zero attached hydrogens (tertiary/aromatic N) is 2. The van der Waals surface area contributed by atoms with Crippen LogP contribution in [-0.4, -0.2) is 33.2 Å². The minimum atomic E-state index is -0.582. The van der Waals surface area contributed by atoms with E-state index >= 15 is 0 Å². The molecular formula is C8H13N5O. The number of aromatic amines is 1. The Hall–Kier alpha value is -1.43. The molecule has 1 aromatic heterocycles. The molecule has 6 heteroatoms. The molecular weight excluding hydrogens is 182 g/mol. The maximum absolute atomic E-state index is 11.4. The minimum Gasteiger partial charge on any atom is -0.354 e. The fourth-order valence-electron chi connectivity index (χ4n) is 1.18. The van der Waals surface area contributed by atoms with E-state index in [0.29, 0.717) is 13.0 Å². The Morgan fingerprint density at radius 1 is 1.71 bits per heavy atom. The van der Waals surface area contributed by atoms with Crippen molar-refractivity contribution in [1.29, 1.82) is 0 Å². The molecule has 1 aromatic rings. The van der Waals surface area contributed by atoms with E-state index in [9.17, 15) is 4.79 Å². The molecule has 2 rings (SSSR count). The summed E-state index contributed by atoms with van der Waals surface area (Å²) in [5.41, 5.74) is 5.12. The quantitative estimate of drug-likeness (QED) is 0.571. The molecule has 1 fully saturated rings. The molecule has 76 valence electrons. The van der Waals surface area contributed by atoms with E-state index in [1.807, 2.05) is 0 Å². The third kappa shape index (κ3) is 1.90. The lowest BCUT2D eigenvalue weighted by molar-refractivity contribution is -0.123. The van der Waals surface area contributed by atoms with E-state index in [1.165, 1.54) is 6.33 Å². The Balaban J connectivity index is 1.71. The van der Waals surface area contributed by atoms with Gasteiger partial charge in [-0.2, -0.15) is 5.10 Å². The number of carbonyl (C=O) groups excluding carboxylic acids is 1. The highest BCUT2D eigenvalue weighted by Crippen LogP contribution is 2.31. The third-order valence-electron chi connectivity index (χ3n) is 2.35. The summed E-state index contributed by atoms with van der Waals surface area (Å²) in [6, 6.07) is 0. The maximum Gasteiger partial charge on any atom is 0.240 e. The number of hydrogen-bond donors (Lipinski definition) is 3. The Morgan fingerprint density at radius 2 is 2.50 bits per heavy atom. The Labute approximate surface area is 81.3 Å². The molecule has 1 aliphatic rings. The fraction of sp³-hybridized carbons (Fsp3) is 0.625. The first-order chi connectivity index (χ1) is 6.71. The van der Waals surface area contributed by atoms with E-state index in [1.54, 1.807) is 0 Å². The van der Waals surface area contributed by atoms with Gasteiger partial charge in [0.1, 0.15) is 12.2 Å². The highest BCUT2D eigenvalue weighted by Gasteiger charge is 2.45. The highest BCUT2D eigenvalue weighted by molar-refractivity contribution is 5.88. The molecule has 1 saturated carbocycles. The van der Waals surface area contributed by atoms with Crippen molar-refractivity contribution in [2.24, 2.45) is 5.73 Å². The average molecular weight is 195 g/mol. The summed E-state index contributed by atoms with van der Waals surface area (Å²) in [6.45, 7) is 0.549. The maximum atomic E-state index is 11.4. The first-order valence-electron chi connectivity index (χ1n) is 4.62. The van der Waals surface area contributed by atoms with Gasteiger partial charge < -0.3 is 11.1 Å². The monoisotopic (exact) mass is 195 g/mol. The lowest BCUT2D eigenvalue weighted by Gasteiger charge is -2.08. The summed E-state index contributed by atoms with van der Waals surface area (Å²) in [6.07, 6.45) is 3.69. The second-order valence-electron chi connectivity index (χ2n) is 3.59. The molecule has 0 atom stereocenters. The molecule has 1 amide bonds. The van der Waals surface area contributed by atoms with Crippen molar-refractivity contribution in [1.82, 2.24) is 20.5 Å². The van der Waals surface area contributed by atoms with Gasteiger partial charge in [-0.25, -0.2) is 4.98 Å². The van der Waals surface area contributed by atoms with Crippen LogP contribution < -0.4 is 11.1 Å². The molecule has 6 nitrogen and oxygen atoms in total. The van der Waals surface area contributed by atoms with Crippen LogP contribution >= 0.6 is 0 Å². The zero-order valence-electron chi connectivity index (χ0n) is 7.79. The van der Waals surface area contributed by atoms with Crippen molar-refractivity contribution in [2.75, 3.05) is 6.54 Å². The van der Waals surface area contributed by atoms with Crippen LogP contribution in [0.2, 0.25) is 0 Å². The zero-order valence-corrected chi connectivity index (χ0v) is 7.79. The van der Waals surface area contributed by atoms with Crippen molar-refractivity contribution in [3.63, 3.8) is 0 Å². The number of carbonyl (C=O) groups is 1. The van der Waals surface area contributed by atoms with Crippen LogP contribution in [0.15, 0.2) is 6.33 Å². The Kier molecular flexibility index (Phi) is 2.20. The molecule has 0 aliphatic heterocycles. The predicted octanol–water partition coefficient (Wildman–Crippen LogP) is -1.05. The van der Waals surface area contributed by atoms with Gasteiger partial charge in [0, 0.05) is 13.0 Å². The van der Waals surface area contributed by atoms with E-state index in [0.717, 1.165) is 18.7 Å². The summed E-state index contributed by atoms with van der Waals surface area (Å²) in [7, 11) is 0. The smallest absolute Gasteiger partial charge is 0.240 e. The average Bonchev–Trinajstić information content (AvgIpc) is 2.73. The number of nitrogens with two attached hydrogens (primary N) is 1. The second kappa shape index (κ2) is 3.38. The highest BCUT2D eigenvalue weighted by atomic mass is 16.2. The van der Waals surface area contributed by atoms with Crippen molar-refractivity contribution in [3.05, 3.63) is 12.2 Å². The van der Waals surface area contributed by atoms with Crippen LogP contribution in [0.1, 0.15) is 18.7 Å². The molecule has 0 radical (unpaired) electrons. The van der Waals surface area contributed by atoms with Crippen LogP contribution in [-0.2, 0) is 11.2 Å². The lowest BCUT2D eigenvalue weighted by atomic mass is 10.2. The number of nitrogens with one attached hydrogen (secondary N) is 2. The van der Waals surface area contributed by atoms with Crippen molar-refractivity contribution in [2.45, 2.75) is 24.8 Å². The molecule has 0 bridgehead atoms. The van der Waals surface area contributed by atoms with E-state index in [-0.39, 0.29) is 5.91 Å². The van der Waals surface area contributed by atoms with Crippen LogP contribution in [0.25, 0.3) is 0 Å². The second-order valence-corrected chi connectivity index (χ2v) is 3.59. The number of amides is 1. The predicted molar refractivity (Wildman–Crippen MR) is 49.2 cm³/mol. The Morgan fingerprint density at radius 3 is 3.07 bits per heavy atom. The number of aromatic nitrogens is 3. The molecule has 0 unspecified atom stereocenters. The van der Waals surface area contributed by atoms with Gasteiger partial charge >= 0.3 is 0 Å². The largest absolute Gasteiger partial charge is 0.354 e. The van der Waals surface area contributed by atoms with Crippen LogP contribution in [0, 0.1) is 0 Å². The fourth-order valence-corrected chi connectivity index (χ4v) is 1.18. The molecule has 0 aromatic carbocycles. The first-order valence-corrected chi connectivity index (χ1v) is 4.62. The van der Waals surface area contributed by atoms with Gasteiger partial charge in [-0.15, -0.1) is 0 Å². The molecule has 1 aliphatic carbocycles. The van der Waals surface area contributed by atoms with Crippen LogP contribution in [0.4, 0.5) is 0 Å². The van der Waals surface area contributed by atoms with Crippen LogP contribution in [0.5, 0.6) is 0 Å². The van der Waals surface area contributed by atoms with Gasteiger partial charge in [0.25, 0.3) is 0 Å². The van der Waals surface area contributed by atoms with E-state index in [4.69, 9.17) is 5.73 Å². The van der Waals surface area contributed by atoms with Gasteiger partial charge in [-0.3, -0.25) is 9.89 Å². The van der Waals surface area contributed by atoms with Gasteiger partial charge in [0.15, 0.2) is 0 Å². The summed E-state index contributed by atoms with van der Waals surface area (Å²) in [5, 5.41) is 9.20. The lowest BCUT2D eigenvalue weighted by Crippen LogP contribution is -2.43.